The Hall–Kier alpha value is -0.460. The Morgan fingerprint density at radius 3 is 2.67 bits per heavy atom. The van der Waals surface area contributed by atoms with Gasteiger partial charge in [-0.05, 0) is 49.9 Å². The molecule has 138 valence electrons. The van der Waals surface area contributed by atoms with Crippen molar-refractivity contribution in [2.75, 3.05) is 20.0 Å². The first-order chi connectivity index (χ1) is 11.5. The number of nitrogens with zero attached hydrogens (tertiary/aromatic N) is 1. The Kier molecular flexibility index (Phi) is 5.98. The van der Waals surface area contributed by atoms with Crippen molar-refractivity contribution in [1.82, 2.24) is 5.32 Å². The minimum Gasteiger partial charge on any atom is -0.381 e. The molecule has 3 rings (SSSR count). The Labute approximate surface area is 148 Å². The molecule has 0 amide bonds. The second kappa shape index (κ2) is 7.83. The molecule has 5 nitrogen and oxygen atoms in total. The quantitative estimate of drug-likeness (QED) is 0.840. The van der Waals surface area contributed by atoms with E-state index in [1.807, 2.05) is 0 Å². The number of hydrogen-bond donors (Lipinski definition) is 1. The molecule has 0 bridgehead atoms. The molecule has 0 aromatic carbocycles. The maximum absolute atomic E-state index is 12.9. The SMILES string of the molecule is COC1CCC2N=C(S(=O)CC3CCC(C)C(OC)C3C)NC2C1. The van der Waals surface area contributed by atoms with Gasteiger partial charge in [-0.25, -0.2) is 0 Å². The van der Waals surface area contributed by atoms with Crippen LogP contribution in [0.15, 0.2) is 4.99 Å². The van der Waals surface area contributed by atoms with E-state index in [9.17, 15) is 4.21 Å². The summed E-state index contributed by atoms with van der Waals surface area (Å²) in [6, 6.07) is 0.587. The van der Waals surface area contributed by atoms with Crippen LogP contribution in [0.4, 0.5) is 0 Å². The summed E-state index contributed by atoms with van der Waals surface area (Å²) in [5.41, 5.74) is 0. The zero-order valence-electron chi connectivity index (χ0n) is 15.4. The number of nitrogens with one attached hydrogen (secondary N) is 1. The lowest BCUT2D eigenvalue weighted by Crippen LogP contribution is -2.44. The Morgan fingerprint density at radius 1 is 1.17 bits per heavy atom. The van der Waals surface area contributed by atoms with Gasteiger partial charge in [0.25, 0.3) is 0 Å². The van der Waals surface area contributed by atoms with Crippen LogP contribution in [0, 0.1) is 17.8 Å². The number of fused-ring (bicyclic) bond motifs is 1. The van der Waals surface area contributed by atoms with Gasteiger partial charge in [0.1, 0.15) is 0 Å². The molecule has 0 aromatic heterocycles. The van der Waals surface area contributed by atoms with Crippen LogP contribution in [-0.2, 0) is 20.3 Å². The van der Waals surface area contributed by atoms with Gasteiger partial charge in [0.05, 0.1) is 35.1 Å². The van der Waals surface area contributed by atoms with Crippen molar-refractivity contribution >= 4 is 16.0 Å². The number of hydrogen-bond acceptors (Lipinski definition) is 5. The van der Waals surface area contributed by atoms with Crippen molar-refractivity contribution < 1.29 is 13.7 Å². The fourth-order valence-corrected chi connectivity index (χ4v) is 6.31. The van der Waals surface area contributed by atoms with Crippen LogP contribution in [0.3, 0.4) is 0 Å². The Morgan fingerprint density at radius 2 is 1.96 bits per heavy atom. The maximum atomic E-state index is 12.9. The summed E-state index contributed by atoms with van der Waals surface area (Å²) in [4.78, 5) is 4.74. The molecule has 2 saturated carbocycles. The molecule has 0 saturated heterocycles. The highest BCUT2D eigenvalue weighted by Gasteiger charge is 2.39. The molecule has 1 aliphatic heterocycles. The van der Waals surface area contributed by atoms with E-state index >= 15 is 0 Å². The van der Waals surface area contributed by atoms with Crippen LogP contribution in [0.5, 0.6) is 0 Å². The average molecular weight is 357 g/mol. The molecule has 24 heavy (non-hydrogen) atoms. The van der Waals surface area contributed by atoms with E-state index in [-0.39, 0.29) is 12.1 Å². The third kappa shape index (κ3) is 3.70. The summed E-state index contributed by atoms with van der Waals surface area (Å²) in [5.74, 6) is 2.19. The van der Waals surface area contributed by atoms with Crippen molar-refractivity contribution in [3.63, 3.8) is 0 Å². The van der Waals surface area contributed by atoms with E-state index in [1.54, 1.807) is 14.2 Å². The molecule has 8 atom stereocenters. The van der Waals surface area contributed by atoms with Gasteiger partial charge in [0, 0.05) is 20.0 Å². The van der Waals surface area contributed by atoms with E-state index in [0.29, 0.717) is 35.7 Å². The highest BCUT2D eigenvalue weighted by atomic mass is 32.2. The third-order valence-electron chi connectivity index (χ3n) is 6.36. The number of aliphatic imine (C=N–C) groups is 1. The fraction of sp³-hybridized carbons (Fsp3) is 0.944. The van der Waals surface area contributed by atoms with E-state index in [1.165, 1.54) is 0 Å². The van der Waals surface area contributed by atoms with E-state index in [2.05, 4.69) is 19.2 Å². The second-order valence-corrected chi connectivity index (χ2v) is 9.22. The van der Waals surface area contributed by atoms with Crippen LogP contribution in [0.1, 0.15) is 46.0 Å². The van der Waals surface area contributed by atoms with E-state index in [4.69, 9.17) is 14.5 Å². The zero-order valence-corrected chi connectivity index (χ0v) is 16.2. The molecular weight excluding hydrogens is 324 g/mol. The van der Waals surface area contributed by atoms with Gasteiger partial charge in [0.15, 0.2) is 5.17 Å². The normalized spacial score (nSPS) is 43.7. The molecule has 1 N–H and O–H groups in total. The van der Waals surface area contributed by atoms with Crippen molar-refractivity contribution in [3.8, 4) is 0 Å². The maximum Gasteiger partial charge on any atom is 0.188 e. The first kappa shape index (κ1) is 18.3. The Balaban J connectivity index is 1.58. The highest BCUT2D eigenvalue weighted by Crippen LogP contribution is 2.36. The largest absolute Gasteiger partial charge is 0.381 e. The van der Waals surface area contributed by atoms with Crippen LogP contribution >= 0.6 is 0 Å². The van der Waals surface area contributed by atoms with Crippen molar-refractivity contribution in [2.45, 2.75) is 70.2 Å². The molecule has 2 fully saturated rings. The lowest BCUT2D eigenvalue weighted by Gasteiger charge is -2.39. The molecule has 0 aromatic rings. The summed E-state index contributed by atoms with van der Waals surface area (Å²) in [5, 5.41) is 4.16. The molecule has 2 aliphatic carbocycles. The molecular formula is C18H32N2O3S. The minimum atomic E-state index is -1.03. The van der Waals surface area contributed by atoms with Gasteiger partial charge in [-0.3, -0.25) is 9.20 Å². The van der Waals surface area contributed by atoms with Crippen LogP contribution < -0.4 is 5.32 Å². The number of rotatable bonds is 4. The summed E-state index contributed by atoms with van der Waals surface area (Å²) in [6.07, 6.45) is 5.93. The van der Waals surface area contributed by atoms with Crippen molar-refractivity contribution in [1.29, 1.82) is 0 Å². The summed E-state index contributed by atoms with van der Waals surface area (Å²) in [6.45, 7) is 4.51. The first-order valence-electron chi connectivity index (χ1n) is 9.31. The molecule has 3 aliphatic rings. The molecule has 1 heterocycles. The monoisotopic (exact) mass is 356 g/mol. The topological polar surface area (TPSA) is 59.9 Å². The number of methoxy groups -OCH3 is 2. The lowest BCUT2D eigenvalue weighted by atomic mass is 9.74. The third-order valence-corrected chi connectivity index (χ3v) is 7.75. The van der Waals surface area contributed by atoms with Gasteiger partial charge in [0.2, 0.25) is 0 Å². The van der Waals surface area contributed by atoms with Gasteiger partial charge >= 0.3 is 0 Å². The van der Waals surface area contributed by atoms with Gasteiger partial charge < -0.3 is 14.8 Å². The predicted molar refractivity (Wildman–Crippen MR) is 97.7 cm³/mol. The zero-order chi connectivity index (χ0) is 17.3. The van der Waals surface area contributed by atoms with E-state index < -0.39 is 10.8 Å². The average Bonchev–Trinajstić information content (AvgIpc) is 3.01. The standard InChI is InChI=1S/C18H32N2O3S/c1-11-5-6-13(12(2)17(11)23-4)10-24(21)18-19-15-8-7-14(22-3)9-16(15)20-18/h11-17H,5-10H2,1-4H3,(H,19,20). The lowest BCUT2D eigenvalue weighted by molar-refractivity contribution is -0.0276. The van der Waals surface area contributed by atoms with Crippen molar-refractivity contribution in [2.24, 2.45) is 22.7 Å². The molecule has 0 spiro atoms. The summed E-state index contributed by atoms with van der Waals surface area (Å²) in [7, 11) is 2.55. The van der Waals surface area contributed by atoms with Gasteiger partial charge in [-0.2, -0.15) is 0 Å². The molecule has 6 heteroatoms. The second-order valence-electron chi connectivity index (χ2n) is 7.81. The van der Waals surface area contributed by atoms with Crippen LogP contribution in [-0.4, -0.2) is 53.6 Å². The fourth-order valence-electron chi connectivity index (χ4n) is 4.76. The Bertz CT molecular complexity index is 499. The number of amidine groups is 1. The number of ether oxygens (including phenoxy) is 2. The summed E-state index contributed by atoms with van der Waals surface area (Å²) < 4.78 is 24.1. The first-order valence-corrected chi connectivity index (χ1v) is 10.6. The van der Waals surface area contributed by atoms with E-state index in [0.717, 1.165) is 37.3 Å². The van der Waals surface area contributed by atoms with Gasteiger partial charge in [-0.15, -0.1) is 0 Å². The van der Waals surface area contributed by atoms with Crippen molar-refractivity contribution in [3.05, 3.63) is 0 Å². The molecule has 8 unspecified atom stereocenters. The van der Waals surface area contributed by atoms with Gasteiger partial charge in [-0.1, -0.05) is 13.8 Å². The molecule has 0 radical (unpaired) electrons. The summed E-state index contributed by atoms with van der Waals surface area (Å²) >= 11 is 0. The van der Waals surface area contributed by atoms with Crippen LogP contribution in [0.2, 0.25) is 0 Å². The highest BCUT2D eigenvalue weighted by molar-refractivity contribution is 8.00. The minimum absolute atomic E-state index is 0.282. The smallest absolute Gasteiger partial charge is 0.188 e. The van der Waals surface area contributed by atoms with Crippen LogP contribution in [0.25, 0.3) is 0 Å². The predicted octanol–water partition coefficient (Wildman–Crippen LogP) is 2.33.